The van der Waals surface area contributed by atoms with Gasteiger partial charge in [0.2, 0.25) is 0 Å². The maximum absolute atomic E-state index is 10.1. The highest BCUT2D eigenvalue weighted by Gasteiger charge is 2.12. The number of hydrogen-bond acceptors (Lipinski definition) is 4. The van der Waals surface area contributed by atoms with Gasteiger partial charge in [0, 0.05) is 24.2 Å². The van der Waals surface area contributed by atoms with Gasteiger partial charge in [-0.3, -0.25) is 4.98 Å². The van der Waals surface area contributed by atoms with Crippen LogP contribution in [0, 0.1) is 13.8 Å². The van der Waals surface area contributed by atoms with Crippen molar-refractivity contribution < 1.29 is 5.11 Å². The largest absolute Gasteiger partial charge is 0.388 e. The summed E-state index contributed by atoms with van der Waals surface area (Å²) >= 11 is 1.61. The summed E-state index contributed by atoms with van der Waals surface area (Å²) in [5.74, 6) is 0. The molecule has 0 aliphatic heterocycles. The quantitative estimate of drug-likeness (QED) is 0.887. The van der Waals surface area contributed by atoms with Crippen LogP contribution in [0.15, 0.2) is 23.8 Å². The number of hydrogen-bond donors (Lipinski definition) is 1. The molecule has 0 spiro atoms. The fourth-order valence-corrected chi connectivity index (χ4v) is 2.29. The van der Waals surface area contributed by atoms with E-state index in [2.05, 4.69) is 9.97 Å². The average Bonchev–Trinajstić information content (AvgIpc) is 2.64. The molecule has 0 fully saturated rings. The Balaban J connectivity index is 2.14. The Morgan fingerprint density at radius 1 is 1.44 bits per heavy atom. The number of aliphatic hydroxyl groups is 1. The number of aromatic nitrogens is 2. The summed E-state index contributed by atoms with van der Waals surface area (Å²) in [5.41, 5.74) is 2.90. The van der Waals surface area contributed by atoms with Crippen molar-refractivity contribution in [3.8, 4) is 0 Å². The Labute approximate surface area is 98.8 Å². The van der Waals surface area contributed by atoms with Gasteiger partial charge in [-0.25, -0.2) is 4.98 Å². The van der Waals surface area contributed by atoms with E-state index in [0.29, 0.717) is 6.42 Å². The van der Waals surface area contributed by atoms with E-state index in [4.69, 9.17) is 0 Å². The van der Waals surface area contributed by atoms with E-state index < -0.39 is 6.10 Å². The number of thiazole rings is 1. The predicted molar refractivity (Wildman–Crippen MR) is 64.5 cm³/mol. The van der Waals surface area contributed by atoms with Crippen molar-refractivity contribution in [3.05, 3.63) is 45.7 Å². The molecule has 4 heteroatoms. The maximum atomic E-state index is 10.1. The SMILES string of the molecule is Cc1nc(CC(O)c2ccncc2C)cs1. The molecule has 0 saturated heterocycles. The first-order chi connectivity index (χ1) is 7.66. The Morgan fingerprint density at radius 3 is 2.88 bits per heavy atom. The minimum atomic E-state index is -0.496. The van der Waals surface area contributed by atoms with Gasteiger partial charge in [-0.1, -0.05) is 0 Å². The second kappa shape index (κ2) is 4.72. The summed E-state index contributed by atoms with van der Waals surface area (Å²) in [5, 5.41) is 13.1. The number of rotatable bonds is 3. The van der Waals surface area contributed by atoms with Gasteiger partial charge in [0.1, 0.15) is 0 Å². The normalized spacial score (nSPS) is 12.7. The van der Waals surface area contributed by atoms with E-state index in [0.717, 1.165) is 21.8 Å². The Bertz CT molecular complexity index is 481. The van der Waals surface area contributed by atoms with Crippen molar-refractivity contribution in [2.24, 2.45) is 0 Å². The zero-order valence-electron chi connectivity index (χ0n) is 9.34. The highest BCUT2D eigenvalue weighted by atomic mass is 32.1. The van der Waals surface area contributed by atoms with Crippen LogP contribution < -0.4 is 0 Å². The summed E-state index contributed by atoms with van der Waals surface area (Å²) in [6.07, 6.45) is 3.54. The third-order valence-corrected chi connectivity index (χ3v) is 3.31. The third-order valence-electron chi connectivity index (χ3n) is 2.49. The molecule has 2 heterocycles. The van der Waals surface area contributed by atoms with Crippen LogP contribution in [0.2, 0.25) is 0 Å². The smallest absolute Gasteiger partial charge is 0.0897 e. The number of pyridine rings is 1. The van der Waals surface area contributed by atoms with Crippen LogP contribution in [0.1, 0.15) is 27.9 Å². The fraction of sp³-hybridized carbons (Fsp3) is 0.333. The van der Waals surface area contributed by atoms with Crippen molar-refractivity contribution in [2.75, 3.05) is 0 Å². The molecule has 0 aliphatic rings. The van der Waals surface area contributed by atoms with Crippen molar-refractivity contribution >= 4 is 11.3 Å². The lowest BCUT2D eigenvalue weighted by molar-refractivity contribution is 0.176. The second-order valence-electron chi connectivity index (χ2n) is 3.81. The molecule has 2 rings (SSSR count). The van der Waals surface area contributed by atoms with Crippen molar-refractivity contribution in [2.45, 2.75) is 26.4 Å². The van der Waals surface area contributed by atoms with E-state index >= 15 is 0 Å². The van der Waals surface area contributed by atoms with E-state index in [-0.39, 0.29) is 0 Å². The molecule has 16 heavy (non-hydrogen) atoms. The molecule has 2 aromatic rings. The van der Waals surface area contributed by atoms with Crippen LogP contribution in [0.5, 0.6) is 0 Å². The van der Waals surface area contributed by atoms with Gasteiger partial charge >= 0.3 is 0 Å². The molecule has 0 amide bonds. The van der Waals surface area contributed by atoms with Crippen LogP contribution in [0.25, 0.3) is 0 Å². The topological polar surface area (TPSA) is 46.0 Å². The average molecular weight is 234 g/mol. The summed E-state index contributed by atoms with van der Waals surface area (Å²) in [7, 11) is 0. The van der Waals surface area contributed by atoms with E-state index in [9.17, 15) is 5.11 Å². The Morgan fingerprint density at radius 2 is 2.25 bits per heavy atom. The predicted octanol–water partition coefficient (Wildman–Crippen LogP) is 2.43. The van der Waals surface area contributed by atoms with Crippen LogP contribution in [-0.2, 0) is 6.42 Å². The first kappa shape index (κ1) is 11.2. The molecule has 1 N–H and O–H groups in total. The zero-order valence-corrected chi connectivity index (χ0v) is 10.2. The van der Waals surface area contributed by atoms with Gasteiger partial charge < -0.3 is 5.11 Å². The van der Waals surface area contributed by atoms with Crippen LogP contribution >= 0.6 is 11.3 Å². The number of aliphatic hydroxyl groups excluding tert-OH is 1. The molecule has 0 saturated carbocycles. The van der Waals surface area contributed by atoms with Crippen LogP contribution in [0.3, 0.4) is 0 Å². The van der Waals surface area contributed by atoms with E-state index in [1.54, 1.807) is 23.7 Å². The molecule has 1 unspecified atom stereocenters. The first-order valence-corrected chi connectivity index (χ1v) is 6.04. The van der Waals surface area contributed by atoms with Crippen LogP contribution in [0.4, 0.5) is 0 Å². The lowest BCUT2D eigenvalue weighted by Crippen LogP contribution is -2.04. The van der Waals surface area contributed by atoms with Gasteiger partial charge in [-0.15, -0.1) is 11.3 Å². The highest BCUT2D eigenvalue weighted by molar-refractivity contribution is 7.09. The summed E-state index contributed by atoms with van der Waals surface area (Å²) in [6, 6.07) is 1.86. The zero-order chi connectivity index (χ0) is 11.5. The van der Waals surface area contributed by atoms with Crippen molar-refractivity contribution in [1.82, 2.24) is 9.97 Å². The van der Waals surface area contributed by atoms with Gasteiger partial charge in [-0.2, -0.15) is 0 Å². The molecule has 1 atom stereocenters. The monoisotopic (exact) mass is 234 g/mol. The second-order valence-corrected chi connectivity index (χ2v) is 4.87. The molecular formula is C12H14N2OS. The van der Waals surface area contributed by atoms with Gasteiger partial charge in [0.15, 0.2) is 0 Å². The molecule has 0 bridgehead atoms. The molecule has 3 nitrogen and oxygen atoms in total. The van der Waals surface area contributed by atoms with E-state index in [1.807, 2.05) is 25.3 Å². The first-order valence-electron chi connectivity index (χ1n) is 5.16. The Kier molecular flexibility index (Phi) is 3.31. The lowest BCUT2D eigenvalue weighted by Gasteiger charge is -2.11. The van der Waals surface area contributed by atoms with Crippen LogP contribution in [-0.4, -0.2) is 15.1 Å². The minimum Gasteiger partial charge on any atom is -0.388 e. The molecule has 0 aliphatic carbocycles. The summed E-state index contributed by atoms with van der Waals surface area (Å²) < 4.78 is 0. The number of nitrogens with zero attached hydrogens (tertiary/aromatic N) is 2. The van der Waals surface area contributed by atoms with Gasteiger partial charge in [0.25, 0.3) is 0 Å². The Hall–Kier alpha value is -1.26. The molecule has 0 aromatic carbocycles. The summed E-state index contributed by atoms with van der Waals surface area (Å²) in [6.45, 7) is 3.93. The molecular weight excluding hydrogens is 220 g/mol. The lowest BCUT2D eigenvalue weighted by atomic mass is 10.0. The van der Waals surface area contributed by atoms with Crippen molar-refractivity contribution in [1.29, 1.82) is 0 Å². The fourth-order valence-electron chi connectivity index (χ4n) is 1.67. The third kappa shape index (κ3) is 2.46. The molecule has 2 aromatic heterocycles. The van der Waals surface area contributed by atoms with Crippen molar-refractivity contribution in [3.63, 3.8) is 0 Å². The molecule has 84 valence electrons. The number of aryl methyl sites for hydroxylation is 2. The molecule has 0 radical (unpaired) electrons. The summed E-state index contributed by atoms with van der Waals surface area (Å²) in [4.78, 5) is 8.36. The minimum absolute atomic E-state index is 0.496. The van der Waals surface area contributed by atoms with E-state index in [1.165, 1.54) is 0 Å². The maximum Gasteiger partial charge on any atom is 0.0897 e. The highest BCUT2D eigenvalue weighted by Crippen LogP contribution is 2.21. The van der Waals surface area contributed by atoms with Gasteiger partial charge in [-0.05, 0) is 31.0 Å². The standard InChI is InChI=1S/C12H14N2OS/c1-8-6-13-4-3-11(8)12(15)5-10-7-16-9(2)14-10/h3-4,6-7,12,15H,5H2,1-2H3. The van der Waals surface area contributed by atoms with Gasteiger partial charge in [0.05, 0.1) is 16.8 Å².